The highest BCUT2D eigenvalue weighted by Gasteiger charge is 2.18. The van der Waals surface area contributed by atoms with Crippen LogP contribution in [-0.2, 0) is 4.79 Å². The first-order valence-corrected chi connectivity index (χ1v) is 5.82. The molecule has 1 aromatic rings. The van der Waals surface area contributed by atoms with Crippen LogP contribution in [0.1, 0.15) is 32.4 Å². The Morgan fingerprint density at radius 1 is 1.47 bits per heavy atom. The molecule has 0 aliphatic carbocycles. The molecular weight excluding hydrogens is 216 g/mol. The molecule has 1 rings (SSSR count). The van der Waals surface area contributed by atoms with Gasteiger partial charge >= 0.3 is 0 Å². The fourth-order valence-corrected chi connectivity index (χ4v) is 1.63. The van der Waals surface area contributed by atoms with Gasteiger partial charge in [-0.25, -0.2) is 0 Å². The smallest absolute Gasteiger partial charge is 0.239 e. The summed E-state index contributed by atoms with van der Waals surface area (Å²) in [4.78, 5) is 11.4. The SMILES string of the molecule is CCOc1cccc(C(NC(C)C)C(N)=O)c1. The summed E-state index contributed by atoms with van der Waals surface area (Å²) in [7, 11) is 0. The van der Waals surface area contributed by atoms with Crippen LogP contribution in [0.25, 0.3) is 0 Å². The van der Waals surface area contributed by atoms with E-state index in [1.165, 1.54) is 0 Å². The van der Waals surface area contributed by atoms with Gasteiger partial charge in [0.15, 0.2) is 0 Å². The fourth-order valence-electron chi connectivity index (χ4n) is 1.63. The van der Waals surface area contributed by atoms with E-state index in [4.69, 9.17) is 10.5 Å². The zero-order valence-electron chi connectivity index (χ0n) is 10.6. The average molecular weight is 236 g/mol. The zero-order valence-corrected chi connectivity index (χ0v) is 10.6. The maximum atomic E-state index is 11.4. The third-order valence-electron chi connectivity index (χ3n) is 2.29. The van der Waals surface area contributed by atoms with E-state index in [0.29, 0.717) is 6.61 Å². The number of primary amides is 1. The van der Waals surface area contributed by atoms with Gasteiger partial charge in [-0.2, -0.15) is 0 Å². The van der Waals surface area contributed by atoms with E-state index in [1.54, 1.807) is 0 Å². The lowest BCUT2D eigenvalue weighted by molar-refractivity contribution is -0.120. The van der Waals surface area contributed by atoms with Crippen LogP contribution < -0.4 is 15.8 Å². The summed E-state index contributed by atoms with van der Waals surface area (Å²) < 4.78 is 5.40. The van der Waals surface area contributed by atoms with Crippen LogP contribution in [0.3, 0.4) is 0 Å². The second kappa shape index (κ2) is 6.25. The molecule has 17 heavy (non-hydrogen) atoms. The summed E-state index contributed by atoms with van der Waals surface area (Å²) in [5.74, 6) is 0.370. The van der Waals surface area contributed by atoms with E-state index in [0.717, 1.165) is 11.3 Å². The molecule has 0 saturated carbocycles. The van der Waals surface area contributed by atoms with Crippen molar-refractivity contribution in [2.24, 2.45) is 5.73 Å². The van der Waals surface area contributed by atoms with Gasteiger partial charge in [0.1, 0.15) is 11.8 Å². The lowest BCUT2D eigenvalue weighted by Gasteiger charge is -2.19. The number of rotatable bonds is 6. The quantitative estimate of drug-likeness (QED) is 0.788. The lowest BCUT2D eigenvalue weighted by atomic mass is 10.1. The van der Waals surface area contributed by atoms with Crippen LogP contribution >= 0.6 is 0 Å². The molecule has 0 radical (unpaired) electrons. The topological polar surface area (TPSA) is 64.3 Å². The summed E-state index contributed by atoms with van der Waals surface area (Å²) in [5.41, 5.74) is 6.23. The normalized spacial score (nSPS) is 12.5. The van der Waals surface area contributed by atoms with Gasteiger partial charge in [-0.15, -0.1) is 0 Å². The van der Waals surface area contributed by atoms with Crippen molar-refractivity contribution in [2.45, 2.75) is 32.9 Å². The fraction of sp³-hybridized carbons (Fsp3) is 0.462. The molecule has 4 heteroatoms. The van der Waals surface area contributed by atoms with Crippen molar-refractivity contribution >= 4 is 5.91 Å². The standard InChI is InChI=1S/C13H20N2O2/c1-4-17-11-7-5-6-10(8-11)12(13(14)16)15-9(2)3/h5-9,12,15H,4H2,1-3H3,(H2,14,16). The van der Waals surface area contributed by atoms with Crippen molar-refractivity contribution in [1.29, 1.82) is 0 Å². The summed E-state index contributed by atoms with van der Waals surface area (Å²) in [5, 5.41) is 3.13. The second-order valence-corrected chi connectivity index (χ2v) is 4.16. The van der Waals surface area contributed by atoms with Gasteiger partial charge in [0.05, 0.1) is 6.61 Å². The molecular formula is C13H20N2O2. The molecule has 0 spiro atoms. The summed E-state index contributed by atoms with van der Waals surface area (Å²) in [6, 6.07) is 7.14. The van der Waals surface area contributed by atoms with Crippen molar-refractivity contribution < 1.29 is 9.53 Å². The van der Waals surface area contributed by atoms with Crippen molar-refractivity contribution in [3.63, 3.8) is 0 Å². The van der Waals surface area contributed by atoms with Crippen LogP contribution in [0.4, 0.5) is 0 Å². The first-order chi connectivity index (χ1) is 8.04. The molecule has 4 nitrogen and oxygen atoms in total. The molecule has 1 amide bonds. The minimum atomic E-state index is -0.476. The van der Waals surface area contributed by atoms with Crippen LogP contribution in [0.5, 0.6) is 5.75 Å². The highest BCUT2D eigenvalue weighted by Crippen LogP contribution is 2.19. The van der Waals surface area contributed by atoms with Crippen molar-refractivity contribution in [1.82, 2.24) is 5.32 Å². The van der Waals surface area contributed by atoms with Gasteiger partial charge in [0, 0.05) is 6.04 Å². The third-order valence-corrected chi connectivity index (χ3v) is 2.29. The van der Waals surface area contributed by atoms with E-state index in [1.807, 2.05) is 45.0 Å². The van der Waals surface area contributed by atoms with E-state index < -0.39 is 6.04 Å². The molecule has 3 N–H and O–H groups in total. The largest absolute Gasteiger partial charge is 0.494 e. The molecule has 1 unspecified atom stereocenters. The van der Waals surface area contributed by atoms with Gasteiger partial charge in [0.25, 0.3) is 0 Å². The number of hydrogen-bond acceptors (Lipinski definition) is 3. The van der Waals surface area contributed by atoms with Crippen LogP contribution in [0.15, 0.2) is 24.3 Å². The Labute approximate surface area is 102 Å². The van der Waals surface area contributed by atoms with Gasteiger partial charge < -0.3 is 10.5 Å². The van der Waals surface area contributed by atoms with Crippen molar-refractivity contribution in [2.75, 3.05) is 6.61 Å². The minimum absolute atomic E-state index is 0.184. The second-order valence-electron chi connectivity index (χ2n) is 4.16. The predicted octanol–water partition coefficient (Wildman–Crippen LogP) is 1.61. The Hall–Kier alpha value is -1.55. The summed E-state index contributed by atoms with van der Waals surface area (Å²) in [6.07, 6.45) is 0. The molecule has 0 heterocycles. The third kappa shape index (κ3) is 4.07. The molecule has 1 atom stereocenters. The monoisotopic (exact) mass is 236 g/mol. The number of benzene rings is 1. The predicted molar refractivity (Wildman–Crippen MR) is 67.8 cm³/mol. The molecule has 0 saturated heterocycles. The number of carbonyl (C=O) groups excluding carboxylic acids is 1. The molecule has 94 valence electrons. The van der Waals surface area contributed by atoms with Gasteiger partial charge in [-0.1, -0.05) is 12.1 Å². The Morgan fingerprint density at radius 2 is 2.18 bits per heavy atom. The summed E-state index contributed by atoms with van der Waals surface area (Å²) in [6.45, 7) is 6.47. The molecule has 0 aliphatic heterocycles. The highest BCUT2D eigenvalue weighted by atomic mass is 16.5. The lowest BCUT2D eigenvalue weighted by Crippen LogP contribution is -2.37. The number of ether oxygens (including phenoxy) is 1. The van der Waals surface area contributed by atoms with Crippen LogP contribution in [0, 0.1) is 0 Å². The van der Waals surface area contributed by atoms with Gasteiger partial charge in [0.2, 0.25) is 5.91 Å². The maximum absolute atomic E-state index is 11.4. The van der Waals surface area contributed by atoms with Crippen molar-refractivity contribution in [3.8, 4) is 5.75 Å². The zero-order chi connectivity index (χ0) is 12.8. The van der Waals surface area contributed by atoms with Gasteiger partial charge in [-0.05, 0) is 38.5 Å². The number of carbonyl (C=O) groups is 1. The Morgan fingerprint density at radius 3 is 2.71 bits per heavy atom. The number of nitrogens with two attached hydrogens (primary N) is 1. The molecule has 0 aliphatic rings. The molecule has 0 aromatic heterocycles. The Balaban J connectivity index is 2.93. The van der Waals surface area contributed by atoms with Crippen LogP contribution in [-0.4, -0.2) is 18.6 Å². The molecule has 1 aromatic carbocycles. The minimum Gasteiger partial charge on any atom is -0.494 e. The van der Waals surface area contributed by atoms with E-state index >= 15 is 0 Å². The van der Waals surface area contributed by atoms with Crippen LogP contribution in [0.2, 0.25) is 0 Å². The van der Waals surface area contributed by atoms with E-state index in [-0.39, 0.29) is 11.9 Å². The number of hydrogen-bond donors (Lipinski definition) is 2. The number of nitrogens with one attached hydrogen (secondary N) is 1. The average Bonchev–Trinajstić information content (AvgIpc) is 2.26. The number of amides is 1. The first-order valence-electron chi connectivity index (χ1n) is 5.82. The van der Waals surface area contributed by atoms with Gasteiger partial charge in [-0.3, -0.25) is 10.1 Å². The van der Waals surface area contributed by atoms with E-state index in [9.17, 15) is 4.79 Å². The Bertz CT molecular complexity index is 377. The summed E-state index contributed by atoms with van der Waals surface area (Å²) >= 11 is 0. The first kappa shape index (κ1) is 13.5. The molecule has 0 bridgehead atoms. The Kier molecular flexibility index (Phi) is 4.97. The highest BCUT2D eigenvalue weighted by molar-refractivity contribution is 5.81. The van der Waals surface area contributed by atoms with E-state index in [2.05, 4.69) is 5.32 Å². The van der Waals surface area contributed by atoms with Crippen molar-refractivity contribution in [3.05, 3.63) is 29.8 Å². The molecule has 0 fully saturated rings. The maximum Gasteiger partial charge on any atom is 0.239 e.